The van der Waals surface area contributed by atoms with Gasteiger partial charge in [0.1, 0.15) is 5.15 Å². The summed E-state index contributed by atoms with van der Waals surface area (Å²) in [5, 5.41) is 0.686. The molecular weight excluding hydrogens is 220 g/mol. The fraction of sp³-hybridized carbons (Fsp3) is 0.500. The first kappa shape index (κ1) is 14.6. The summed E-state index contributed by atoms with van der Waals surface area (Å²) >= 11 is 5.83. The predicted octanol–water partition coefficient (Wildman–Crippen LogP) is 1.42. The molecule has 6 heteroatoms. The Bertz CT molecular complexity index is 224. The molecule has 1 aromatic rings. The lowest BCUT2D eigenvalue weighted by Crippen LogP contribution is -2.03. The zero-order valence-electron chi connectivity index (χ0n) is 6.66. The van der Waals surface area contributed by atoms with E-state index in [0.717, 1.165) is 12.1 Å². The van der Waals surface area contributed by atoms with Gasteiger partial charge in [0.15, 0.2) is 0 Å². The summed E-state index contributed by atoms with van der Waals surface area (Å²) < 4.78 is 1.77. The molecular formula is C6H12Cl3N3. The van der Waals surface area contributed by atoms with Crippen LogP contribution in [0.3, 0.4) is 0 Å². The largest absolute Gasteiger partial charge is 0.330 e. The number of nitrogens with two attached hydrogens (primary N) is 1. The van der Waals surface area contributed by atoms with Crippen molar-refractivity contribution in [2.45, 2.75) is 6.42 Å². The van der Waals surface area contributed by atoms with E-state index in [-0.39, 0.29) is 24.8 Å². The van der Waals surface area contributed by atoms with Crippen LogP contribution >= 0.6 is 36.4 Å². The Hall–Kier alpha value is 0.0400. The molecule has 0 amide bonds. The molecule has 1 heterocycles. The lowest BCUT2D eigenvalue weighted by Gasteiger charge is -1.93. The van der Waals surface area contributed by atoms with Gasteiger partial charge >= 0.3 is 0 Å². The van der Waals surface area contributed by atoms with Crippen LogP contribution in [0.25, 0.3) is 0 Å². The van der Waals surface area contributed by atoms with Crippen LogP contribution < -0.4 is 5.73 Å². The van der Waals surface area contributed by atoms with Crippen molar-refractivity contribution >= 4 is 36.4 Å². The Balaban J connectivity index is 0. The molecule has 0 bridgehead atoms. The normalized spacial score (nSPS) is 8.58. The molecule has 0 fully saturated rings. The van der Waals surface area contributed by atoms with Crippen molar-refractivity contribution in [3.8, 4) is 0 Å². The van der Waals surface area contributed by atoms with Crippen molar-refractivity contribution in [2.24, 2.45) is 12.8 Å². The quantitative estimate of drug-likeness (QED) is 0.838. The van der Waals surface area contributed by atoms with Crippen LogP contribution in [0, 0.1) is 0 Å². The number of hydrogen-bond acceptors (Lipinski definition) is 2. The molecule has 1 rings (SSSR count). The number of hydrogen-bond donors (Lipinski definition) is 1. The molecule has 0 aliphatic heterocycles. The van der Waals surface area contributed by atoms with Gasteiger partial charge in [0, 0.05) is 13.5 Å². The summed E-state index contributed by atoms with van der Waals surface area (Å²) in [6.07, 6.45) is 2.44. The van der Waals surface area contributed by atoms with Gasteiger partial charge < -0.3 is 10.3 Å². The second-order valence-electron chi connectivity index (χ2n) is 2.13. The molecule has 0 aliphatic carbocycles. The summed E-state index contributed by atoms with van der Waals surface area (Å²) in [5.74, 6) is 0. The van der Waals surface area contributed by atoms with Gasteiger partial charge in [-0.2, -0.15) is 0 Å². The standard InChI is InChI=1S/C6H10ClN3.2ClH/c1-10-4-9-5(2-3-8)6(10)7;;/h4H,2-3,8H2,1H3;2*1H. The summed E-state index contributed by atoms with van der Waals surface area (Å²) in [6.45, 7) is 0.594. The van der Waals surface area contributed by atoms with Crippen LogP contribution in [0.2, 0.25) is 5.15 Å². The Labute approximate surface area is 89.1 Å². The van der Waals surface area contributed by atoms with Crippen LogP contribution in [0.1, 0.15) is 5.69 Å². The van der Waals surface area contributed by atoms with E-state index in [1.807, 2.05) is 7.05 Å². The van der Waals surface area contributed by atoms with Crippen molar-refractivity contribution < 1.29 is 0 Å². The molecule has 0 saturated heterocycles. The minimum Gasteiger partial charge on any atom is -0.330 e. The Kier molecular flexibility index (Phi) is 7.94. The highest BCUT2D eigenvalue weighted by Gasteiger charge is 2.03. The minimum absolute atomic E-state index is 0. The molecule has 0 saturated carbocycles. The average molecular weight is 233 g/mol. The molecule has 3 nitrogen and oxygen atoms in total. The van der Waals surface area contributed by atoms with E-state index >= 15 is 0 Å². The minimum atomic E-state index is 0. The van der Waals surface area contributed by atoms with Gasteiger partial charge in [0.25, 0.3) is 0 Å². The van der Waals surface area contributed by atoms with Crippen LogP contribution in [0.15, 0.2) is 6.33 Å². The summed E-state index contributed by atoms with van der Waals surface area (Å²) in [7, 11) is 1.86. The highest BCUT2D eigenvalue weighted by molar-refractivity contribution is 6.30. The lowest BCUT2D eigenvalue weighted by molar-refractivity contribution is 0.907. The van der Waals surface area contributed by atoms with Gasteiger partial charge in [-0.15, -0.1) is 24.8 Å². The smallest absolute Gasteiger partial charge is 0.131 e. The van der Waals surface area contributed by atoms with Crippen LogP contribution in [-0.2, 0) is 13.5 Å². The van der Waals surface area contributed by atoms with Crippen molar-refractivity contribution in [3.05, 3.63) is 17.2 Å². The monoisotopic (exact) mass is 231 g/mol. The maximum atomic E-state index is 5.83. The van der Waals surface area contributed by atoms with Crippen molar-refractivity contribution in [2.75, 3.05) is 6.54 Å². The average Bonchev–Trinajstić information content (AvgIpc) is 2.20. The summed E-state index contributed by atoms with van der Waals surface area (Å²) in [5.41, 5.74) is 6.21. The van der Waals surface area contributed by atoms with Crippen molar-refractivity contribution in [1.29, 1.82) is 0 Å². The molecule has 0 unspecified atom stereocenters. The second-order valence-corrected chi connectivity index (χ2v) is 2.49. The van der Waals surface area contributed by atoms with Crippen LogP contribution in [-0.4, -0.2) is 16.1 Å². The van der Waals surface area contributed by atoms with E-state index in [4.69, 9.17) is 17.3 Å². The molecule has 2 N–H and O–H groups in total. The third-order valence-electron chi connectivity index (χ3n) is 1.32. The van der Waals surface area contributed by atoms with Gasteiger partial charge in [-0.25, -0.2) is 4.98 Å². The molecule has 0 radical (unpaired) electrons. The Morgan fingerprint density at radius 1 is 1.58 bits per heavy atom. The van der Waals surface area contributed by atoms with Crippen molar-refractivity contribution in [1.82, 2.24) is 9.55 Å². The van der Waals surface area contributed by atoms with E-state index in [9.17, 15) is 0 Å². The van der Waals surface area contributed by atoms with E-state index in [1.165, 1.54) is 0 Å². The van der Waals surface area contributed by atoms with Gasteiger partial charge in [-0.3, -0.25) is 0 Å². The fourth-order valence-corrected chi connectivity index (χ4v) is 0.955. The number of aryl methyl sites for hydroxylation is 1. The summed E-state index contributed by atoms with van der Waals surface area (Å²) in [6, 6.07) is 0. The van der Waals surface area contributed by atoms with E-state index in [0.29, 0.717) is 11.7 Å². The fourth-order valence-electron chi connectivity index (χ4n) is 0.768. The first-order valence-corrected chi connectivity index (χ1v) is 3.49. The first-order valence-electron chi connectivity index (χ1n) is 3.11. The Morgan fingerprint density at radius 2 is 2.17 bits per heavy atom. The molecule has 0 aliphatic rings. The van der Waals surface area contributed by atoms with Gasteiger partial charge in [-0.05, 0) is 6.54 Å². The second kappa shape index (κ2) is 6.54. The molecule has 12 heavy (non-hydrogen) atoms. The SMILES string of the molecule is Cl.Cl.Cn1cnc(CCN)c1Cl. The van der Waals surface area contributed by atoms with Crippen LogP contribution in [0.5, 0.6) is 0 Å². The van der Waals surface area contributed by atoms with Crippen LogP contribution in [0.4, 0.5) is 0 Å². The zero-order valence-corrected chi connectivity index (χ0v) is 9.05. The lowest BCUT2D eigenvalue weighted by atomic mass is 10.3. The van der Waals surface area contributed by atoms with E-state index in [2.05, 4.69) is 4.98 Å². The molecule has 0 spiro atoms. The van der Waals surface area contributed by atoms with Gasteiger partial charge in [0.05, 0.1) is 12.0 Å². The van der Waals surface area contributed by atoms with Crippen molar-refractivity contribution in [3.63, 3.8) is 0 Å². The number of aromatic nitrogens is 2. The topological polar surface area (TPSA) is 43.8 Å². The predicted molar refractivity (Wildman–Crippen MR) is 55.5 cm³/mol. The maximum Gasteiger partial charge on any atom is 0.131 e. The van der Waals surface area contributed by atoms with Gasteiger partial charge in [-0.1, -0.05) is 11.6 Å². The highest BCUT2D eigenvalue weighted by Crippen LogP contribution is 2.12. The zero-order chi connectivity index (χ0) is 7.56. The Morgan fingerprint density at radius 3 is 2.50 bits per heavy atom. The van der Waals surface area contributed by atoms with E-state index < -0.39 is 0 Å². The third kappa shape index (κ3) is 3.19. The highest BCUT2D eigenvalue weighted by atomic mass is 35.5. The molecule has 0 atom stereocenters. The summed E-state index contributed by atoms with van der Waals surface area (Å²) in [4.78, 5) is 4.06. The number of halogens is 3. The van der Waals surface area contributed by atoms with E-state index in [1.54, 1.807) is 10.9 Å². The maximum absolute atomic E-state index is 5.83. The molecule has 72 valence electrons. The number of imidazole rings is 1. The third-order valence-corrected chi connectivity index (χ3v) is 1.80. The molecule has 1 aromatic heterocycles. The number of nitrogens with zero attached hydrogens (tertiary/aromatic N) is 2. The molecule has 0 aromatic carbocycles. The van der Waals surface area contributed by atoms with Gasteiger partial charge in [0.2, 0.25) is 0 Å². The first-order chi connectivity index (χ1) is 4.75. The number of rotatable bonds is 2.